The Kier molecular flexibility index (Phi) is 33.3. The molecule has 0 spiro atoms. The van der Waals surface area contributed by atoms with Crippen molar-refractivity contribution in [2.45, 2.75) is 286 Å². The molecule has 482 valence electrons. The fourth-order valence-corrected chi connectivity index (χ4v) is 11.4. The first kappa shape index (κ1) is 75.7. The van der Waals surface area contributed by atoms with Crippen molar-refractivity contribution in [3.63, 3.8) is 0 Å². The van der Waals surface area contributed by atoms with Crippen molar-refractivity contribution < 1.29 is 116 Å². The molecule has 2 fully saturated rings. The van der Waals surface area contributed by atoms with Gasteiger partial charge in [0.05, 0.1) is 85.9 Å². The minimum absolute atomic E-state index is 0.120. The van der Waals surface area contributed by atoms with E-state index in [-0.39, 0.29) is 55.4 Å². The van der Waals surface area contributed by atoms with Gasteiger partial charge in [0, 0.05) is 44.1 Å². The van der Waals surface area contributed by atoms with E-state index in [0.717, 1.165) is 38.5 Å². The lowest BCUT2D eigenvalue weighted by atomic mass is 9.80. The van der Waals surface area contributed by atoms with Crippen molar-refractivity contribution >= 4 is 11.7 Å². The summed E-state index contributed by atoms with van der Waals surface area (Å²) in [6.45, 7) is 11.7. The topological polar surface area (TPSA) is 451 Å². The molecule has 24 heteroatoms. The summed E-state index contributed by atoms with van der Waals surface area (Å²) in [5.74, 6) is -7.23. The number of aliphatic hydroxyl groups is 20. The van der Waals surface area contributed by atoms with Crippen molar-refractivity contribution in [2.75, 3.05) is 13.6 Å². The molecule has 24 nitrogen and oxygen atoms in total. The van der Waals surface area contributed by atoms with E-state index in [2.05, 4.69) is 6.92 Å². The van der Waals surface area contributed by atoms with Crippen LogP contribution in [0, 0.1) is 29.6 Å². The number of unbranched alkanes of at least 4 members (excludes halogenated alkanes) is 7. The Balaban J connectivity index is 1.83. The number of carbonyl (C=O) groups excluding carboxylic acids is 2. The minimum Gasteiger partial charge on any atom is -0.507 e. The third kappa shape index (κ3) is 23.4. The molecule has 0 radical (unpaired) electrons. The lowest BCUT2D eigenvalue weighted by Crippen LogP contribution is -2.65. The maximum atomic E-state index is 12.3. The molecule has 0 aliphatic carbocycles. The molecule has 20 N–H and O–H groups in total. The highest BCUT2D eigenvalue weighted by atomic mass is 16.7. The Morgan fingerprint density at radius 3 is 1.56 bits per heavy atom. The van der Waals surface area contributed by atoms with Crippen molar-refractivity contribution in [1.82, 2.24) is 4.90 Å². The number of likely N-dealkylation sites (tertiary alicyclic amines) is 1. The highest BCUT2D eigenvalue weighted by Gasteiger charge is 2.54. The van der Waals surface area contributed by atoms with E-state index in [0.29, 0.717) is 18.4 Å². The van der Waals surface area contributed by atoms with Crippen LogP contribution in [0.2, 0.25) is 0 Å². The smallest absolute Gasteiger partial charge is 0.261 e. The van der Waals surface area contributed by atoms with Gasteiger partial charge in [-0.25, -0.2) is 0 Å². The molecular formula is C58H107NO23. The number of nitrogens with zero attached hydrogens (tertiary/aromatic N) is 1. The Morgan fingerprint density at radius 2 is 1.04 bits per heavy atom. The molecule has 2 heterocycles. The third-order valence-electron chi connectivity index (χ3n) is 17.0. The zero-order valence-corrected chi connectivity index (χ0v) is 49.5. The summed E-state index contributed by atoms with van der Waals surface area (Å²) in [6.07, 6.45) is -25.5. The van der Waals surface area contributed by atoms with Crippen LogP contribution in [-0.4, -0.2) is 254 Å². The Hall–Kier alpha value is -2.38. The summed E-state index contributed by atoms with van der Waals surface area (Å²) in [5, 5.41) is 216. The maximum Gasteiger partial charge on any atom is 0.261 e. The Labute approximate surface area is 483 Å². The summed E-state index contributed by atoms with van der Waals surface area (Å²) in [4.78, 5) is 25.8. The van der Waals surface area contributed by atoms with Crippen molar-refractivity contribution in [3.05, 3.63) is 23.0 Å². The molecule has 0 unspecified atom stereocenters. The van der Waals surface area contributed by atoms with Gasteiger partial charge in [0.25, 0.3) is 5.91 Å². The van der Waals surface area contributed by atoms with E-state index in [9.17, 15) is 112 Å². The van der Waals surface area contributed by atoms with Crippen LogP contribution in [0.3, 0.4) is 0 Å². The molecular weight excluding hydrogens is 1080 g/mol. The van der Waals surface area contributed by atoms with E-state index in [1.165, 1.54) is 39.1 Å². The Bertz CT molecular complexity index is 1920. The molecule has 82 heavy (non-hydrogen) atoms. The number of hydrogen-bond acceptors (Lipinski definition) is 23. The Morgan fingerprint density at radius 1 is 0.573 bits per heavy atom. The number of ketones is 1. The quantitative estimate of drug-likeness (QED) is 0.0145. The third-order valence-corrected chi connectivity index (χ3v) is 17.0. The van der Waals surface area contributed by atoms with E-state index >= 15 is 0 Å². The van der Waals surface area contributed by atoms with Crippen LogP contribution in [0.4, 0.5) is 0 Å². The highest BCUT2D eigenvalue weighted by Crippen LogP contribution is 2.36. The standard InChI is InChI=1S/C58H107NO23/c1-9-10-11-12-13-14-15-16-17-35(60)27-58(81)56(79)55(78)53(76)46(82-58)26-44(69)52(75)54(77)51(74)43(68)24-38(63)22-36(61)21-37(62)23-39(64)32(5)49(72)33(6)40(65)25-41(66)34(7)50(73)42(67)20-30(3)18-29(2)19-31(4)48(71)47-45(70)28-59(8)57(47)80/h19,29-30,32-44,46,49-56,60-69,71-79,81H,9-18,20-28H2,1-8H3/b31-19+,48-47-/t29-,30+,32+,33-,34+,35-,36-,37+,38-,39+,40-,41+,42-,43-,44+,46-,49+,50+,51-,52+,53-,54-,55+,56+,58+/m1/s1. The van der Waals surface area contributed by atoms with Gasteiger partial charge in [0.2, 0.25) is 0 Å². The van der Waals surface area contributed by atoms with Gasteiger partial charge in [-0.2, -0.15) is 0 Å². The average molecular weight is 1190 g/mol. The number of amides is 1. The number of Topliss-reactive ketones (excluding diaryl/α,β-unsaturated/α-hetero) is 1. The average Bonchev–Trinajstić information content (AvgIpc) is 3.84. The van der Waals surface area contributed by atoms with Crippen LogP contribution in [0.1, 0.15) is 164 Å². The lowest BCUT2D eigenvalue weighted by molar-refractivity contribution is -0.356. The van der Waals surface area contributed by atoms with Crippen LogP contribution < -0.4 is 0 Å². The molecule has 0 aromatic carbocycles. The van der Waals surface area contributed by atoms with Gasteiger partial charge < -0.3 is 112 Å². The largest absolute Gasteiger partial charge is 0.507 e. The summed E-state index contributed by atoms with van der Waals surface area (Å²) < 4.78 is 5.50. The number of aliphatic hydroxyl groups excluding tert-OH is 19. The van der Waals surface area contributed by atoms with E-state index in [1.807, 2.05) is 13.8 Å². The van der Waals surface area contributed by atoms with Gasteiger partial charge in [-0.1, -0.05) is 99.0 Å². The van der Waals surface area contributed by atoms with Gasteiger partial charge in [0.15, 0.2) is 11.6 Å². The molecule has 0 saturated carbocycles. The van der Waals surface area contributed by atoms with Crippen LogP contribution in [0.5, 0.6) is 0 Å². The monoisotopic (exact) mass is 1190 g/mol. The van der Waals surface area contributed by atoms with Gasteiger partial charge in [-0.05, 0) is 69.3 Å². The number of likely N-dealkylation sites (N-methyl/N-ethyl adjacent to an activating group) is 1. The van der Waals surface area contributed by atoms with Crippen LogP contribution in [0.15, 0.2) is 23.0 Å². The second-order valence-corrected chi connectivity index (χ2v) is 24.6. The zero-order valence-electron chi connectivity index (χ0n) is 49.5. The maximum absolute atomic E-state index is 12.3. The van der Waals surface area contributed by atoms with Crippen molar-refractivity contribution in [1.29, 1.82) is 0 Å². The van der Waals surface area contributed by atoms with Crippen LogP contribution in [-0.2, 0) is 14.3 Å². The number of allylic oxidation sites excluding steroid dienone is 2. The summed E-state index contributed by atoms with van der Waals surface area (Å²) in [7, 11) is 1.46. The molecule has 0 aromatic rings. The van der Waals surface area contributed by atoms with Crippen LogP contribution >= 0.6 is 0 Å². The first-order valence-electron chi connectivity index (χ1n) is 29.7. The predicted molar refractivity (Wildman–Crippen MR) is 299 cm³/mol. The van der Waals surface area contributed by atoms with Crippen molar-refractivity contribution in [3.8, 4) is 0 Å². The van der Waals surface area contributed by atoms with Crippen LogP contribution in [0.25, 0.3) is 0 Å². The molecule has 2 aliphatic rings. The number of hydrogen-bond donors (Lipinski definition) is 20. The number of ether oxygens (including phenoxy) is 1. The summed E-state index contributed by atoms with van der Waals surface area (Å²) >= 11 is 0. The first-order valence-corrected chi connectivity index (χ1v) is 29.7. The van der Waals surface area contributed by atoms with E-state index in [4.69, 9.17) is 4.74 Å². The van der Waals surface area contributed by atoms with E-state index in [1.54, 1.807) is 13.0 Å². The van der Waals surface area contributed by atoms with Gasteiger partial charge in [-0.3, -0.25) is 9.59 Å². The number of rotatable bonds is 40. The molecule has 2 aliphatic heterocycles. The fourth-order valence-electron chi connectivity index (χ4n) is 11.4. The van der Waals surface area contributed by atoms with Gasteiger partial charge in [-0.15, -0.1) is 0 Å². The molecule has 2 saturated heterocycles. The SMILES string of the molecule is CCCCCCCCCC[C@@H](O)C[C@]1(O)O[C@H](C[C@H](O)[C@H](O)[C@H](O)[C@H](O)[C@H](O)C[C@H](O)C[C@H](O)C[C@H](O)C[C@H](O)[C@H](C)[C@H](O)[C@H](C)[C@H](O)C[C@H](O)[C@H](C)[C@H](O)[C@H](O)C[C@@H](C)C[C@@H](C)/C=C(C)/C(O)=C2\C(=O)CN(C)C2=O)[C@@H](O)[C@H](O)[C@@H]1O. The zero-order chi connectivity index (χ0) is 62.7. The summed E-state index contributed by atoms with van der Waals surface area (Å²) in [6, 6.07) is 0. The first-order chi connectivity index (χ1) is 38.1. The highest BCUT2D eigenvalue weighted by molar-refractivity contribution is 6.25. The molecule has 2 rings (SSSR count). The van der Waals surface area contributed by atoms with E-state index < -0.39 is 183 Å². The van der Waals surface area contributed by atoms with Crippen molar-refractivity contribution in [2.24, 2.45) is 29.6 Å². The second-order valence-electron chi connectivity index (χ2n) is 24.6. The summed E-state index contributed by atoms with van der Waals surface area (Å²) in [5.41, 5.74) is 0.0812. The molecule has 25 atom stereocenters. The molecule has 0 aromatic heterocycles. The second kappa shape index (κ2) is 36.1. The normalized spacial score (nSPS) is 28.3. The molecule has 0 bridgehead atoms. The molecule has 1 amide bonds. The van der Waals surface area contributed by atoms with Gasteiger partial charge in [0.1, 0.15) is 48.0 Å². The number of carbonyl (C=O) groups is 2. The minimum atomic E-state index is -2.59. The fraction of sp³-hybridized carbons (Fsp3) is 0.897. The predicted octanol–water partition coefficient (Wildman–Crippen LogP) is -1.41. The lowest BCUT2D eigenvalue weighted by Gasteiger charge is -2.47. The van der Waals surface area contributed by atoms with Gasteiger partial charge >= 0.3 is 0 Å².